The van der Waals surface area contributed by atoms with Crippen LogP contribution in [-0.4, -0.2) is 14.8 Å². The van der Waals surface area contributed by atoms with E-state index < -0.39 is 11.7 Å². The van der Waals surface area contributed by atoms with E-state index in [0.29, 0.717) is 35.6 Å². The van der Waals surface area contributed by atoms with Crippen molar-refractivity contribution in [2.24, 2.45) is 17.8 Å². The molecule has 0 radical (unpaired) electrons. The molecule has 0 unspecified atom stereocenters. The van der Waals surface area contributed by atoms with Crippen LogP contribution in [0, 0.1) is 17.8 Å². The standard InChI is InChI=1S/C19H22F3N3/c1-2-25-17-14(10-23-25)15(19(20,21)22)6-16(24-17)18-7-11-3-12(8-18)5-13(4-11)9-18/h6,10-13H,2-5,7-9H2,1H3. The van der Waals surface area contributed by atoms with Gasteiger partial charge in [-0.2, -0.15) is 18.3 Å². The summed E-state index contributed by atoms with van der Waals surface area (Å²) < 4.78 is 42.7. The molecule has 6 heteroatoms. The molecule has 2 aromatic rings. The summed E-state index contributed by atoms with van der Waals surface area (Å²) in [4.78, 5) is 4.77. The van der Waals surface area contributed by atoms with Crippen molar-refractivity contribution in [3.05, 3.63) is 23.5 Å². The molecule has 3 nitrogen and oxygen atoms in total. The third-order valence-corrected chi connectivity index (χ3v) is 6.80. The molecule has 134 valence electrons. The number of aromatic nitrogens is 3. The minimum Gasteiger partial charge on any atom is -0.248 e. The van der Waals surface area contributed by atoms with Crippen LogP contribution in [0.5, 0.6) is 0 Å². The molecular weight excluding hydrogens is 327 g/mol. The molecule has 4 aliphatic carbocycles. The quantitative estimate of drug-likeness (QED) is 0.769. The number of aryl methyl sites for hydroxylation is 1. The van der Waals surface area contributed by atoms with Crippen LogP contribution in [0.1, 0.15) is 56.7 Å². The van der Waals surface area contributed by atoms with Crippen LogP contribution in [-0.2, 0) is 18.1 Å². The van der Waals surface area contributed by atoms with E-state index in [4.69, 9.17) is 4.98 Å². The number of pyridine rings is 1. The van der Waals surface area contributed by atoms with Gasteiger partial charge in [0.05, 0.1) is 17.1 Å². The molecule has 0 N–H and O–H groups in total. The fourth-order valence-corrected chi connectivity index (χ4v) is 6.21. The predicted octanol–water partition coefficient (Wildman–Crippen LogP) is 4.94. The maximum absolute atomic E-state index is 13.7. The van der Waals surface area contributed by atoms with E-state index in [1.165, 1.54) is 31.5 Å². The Balaban J connectivity index is 1.71. The molecule has 6 rings (SSSR count). The molecule has 0 aliphatic heterocycles. The molecule has 2 aromatic heterocycles. The monoisotopic (exact) mass is 349 g/mol. The van der Waals surface area contributed by atoms with Gasteiger partial charge in [-0.3, -0.25) is 0 Å². The first kappa shape index (κ1) is 15.6. The average Bonchev–Trinajstić information content (AvgIpc) is 2.94. The van der Waals surface area contributed by atoms with Crippen LogP contribution >= 0.6 is 0 Å². The van der Waals surface area contributed by atoms with Crippen LogP contribution in [0.3, 0.4) is 0 Å². The summed E-state index contributed by atoms with van der Waals surface area (Å²) in [5.74, 6) is 2.03. The van der Waals surface area contributed by atoms with Crippen molar-refractivity contribution in [2.75, 3.05) is 0 Å². The van der Waals surface area contributed by atoms with Gasteiger partial charge in [0.15, 0.2) is 5.65 Å². The van der Waals surface area contributed by atoms with Gasteiger partial charge in [-0.25, -0.2) is 9.67 Å². The largest absolute Gasteiger partial charge is 0.417 e. The Bertz CT molecular complexity index is 801. The van der Waals surface area contributed by atoms with E-state index in [9.17, 15) is 13.2 Å². The van der Waals surface area contributed by atoms with Gasteiger partial charge >= 0.3 is 6.18 Å². The molecule has 4 fully saturated rings. The Morgan fingerprint density at radius 1 is 1.12 bits per heavy atom. The van der Waals surface area contributed by atoms with Crippen molar-refractivity contribution in [3.8, 4) is 0 Å². The van der Waals surface area contributed by atoms with Gasteiger partial charge in [0.1, 0.15) is 0 Å². The van der Waals surface area contributed by atoms with Gasteiger partial charge in [0.2, 0.25) is 0 Å². The third kappa shape index (κ3) is 2.25. The molecule has 4 bridgehead atoms. The lowest BCUT2D eigenvalue weighted by molar-refractivity contribution is -0.136. The normalized spacial score (nSPS) is 34.2. The number of hydrogen-bond acceptors (Lipinski definition) is 2. The lowest BCUT2D eigenvalue weighted by Gasteiger charge is -2.56. The van der Waals surface area contributed by atoms with Crippen LogP contribution in [0.15, 0.2) is 12.3 Å². The Kier molecular flexibility index (Phi) is 3.12. The fraction of sp³-hybridized carbons (Fsp3) is 0.684. The van der Waals surface area contributed by atoms with Crippen LogP contribution < -0.4 is 0 Å². The van der Waals surface area contributed by atoms with Crippen molar-refractivity contribution in [1.29, 1.82) is 0 Å². The van der Waals surface area contributed by atoms with Gasteiger partial charge in [0, 0.05) is 17.7 Å². The second kappa shape index (κ2) is 4.98. The van der Waals surface area contributed by atoms with Gasteiger partial charge in [-0.15, -0.1) is 0 Å². The number of fused-ring (bicyclic) bond motifs is 1. The van der Waals surface area contributed by atoms with Gasteiger partial charge in [0.25, 0.3) is 0 Å². The van der Waals surface area contributed by atoms with Crippen molar-refractivity contribution in [1.82, 2.24) is 14.8 Å². The lowest BCUT2D eigenvalue weighted by atomic mass is 9.48. The topological polar surface area (TPSA) is 30.7 Å². The minimum absolute atomic E-state index is 0.128. The summed E-state index contributed by atoms with van der Waals surface area (Å²) in [7, 11) is 0. The second-order valence-electron chi connectivity index (χ2n) is 8.45. The molecule has 0 atom stereocenters. The lowest BCUT2D eigenvalue weighted by Crippen LogP contribution is -2.49. The second-order valence-corrected chi connectivity index (χ2v) is 8.45. The van der Waals surface area contributed by atoms with Crippen LogP contribution in [0.25, 0.3) is 11.0 Å². The van der Waals surface area contributed by atoms with E-state index in [0.717, 1.165) is 19.3 Å². The zero-order valence-corrected chi connectivity index (χ0v) is 14.3. The number of hydrogen-bond donors (Lipinski definition) is 0. The third-order valence-electron chi connectivity index (χ3n) is 6.80. The first-order chi connectivity index (χ1) is 11.9. The SMILES string of the molecule is CCn1ncc2c(C(F)(F)F)cc(C34CC5CC(CC(C5)C3)C4)nc21. The summed E-state index contributed by atoms with van der Waals surface area (Å²) in [6, 6.07) is 1.34. The molecular formula is C19H22F3N3. The highest BCUT2D eigenvalue weighted by Gasteiger charge is 2.53. The fourth-order valence-electron chi connectivity index (χ4n) is 6.21. The van der Waals surface area contributed by atoms with Crippen molar-refractivity contribution >= 4 is 11.0 Å². The summed E-state index contributed by atoms with van der Waals surface area (Å²) >= 11 is 0. The van der Waals surface area contributed by atoms with E-state index in [2.05, 4.69) is 5.10 Å². The highest BCUT2D eigenvalue weighted by atomic mass is 19.4. The van der Waals surface area contributed by atoms with Crippen molar-refractivity contribution in [2.45, 2.75) is 63.6 Å². The molecule has 4 saturated carbocycles. The maximum atomic E-state index is 13.7. The smallest absolute Gasteiger partial charge is 0.248 e. The Morgan fingerprint density at radius 3 is 2.24 bits per heavy atom. The summed E-state index contributed by atoms with van der Waals surface area (Å²) in [6.45, 7) is 2.41. The summed E-state index contributed by atoms with van der Waals surface area (Å²) in [6.07, 6.45) is 3.76. The van der Waals surface area contributed by atoms with Crippen LogP contribution in [0.4, 0.5) is 13.2 Å². The molecule has 0 aromatic carbocycles. The van der Waals surface area contributed by atoms with E-state index in [1.807, 2.05) is 6.92 Å². The zero-order valence-electron chi connectivity index (χ0n) is 14.3. The number of nitrogens with zero attached hydrogens (tertiary/aromatic N) is 3. The van der Waals surface area contributed by atoms with E-state index in [1.54, 1.807) is 4.68 Å². The zero-order chi connectivity index (χ0) is 17.4. The minimum atomic E-state index is -4.38. The van der Waals surface area contributed by atoms with Gasteiger partial charge in [-0.05, 0) is 69.3 Å². The van der Waals surface area contributed by atoms with E-state index in [-0.39, 0.29) is 10.8 Å². The molecule has 0 amide bonds. The van der Waals surface area contributed by atoms with Crippen molar-refractivity contribution < 1.29 is 13.2 Å². The first-order valence-corrected chi connectivity index (χ1v) is 9.32. The van der Waals surface area contributed by atoms with Crippen molar-refractivity contribution in [3.63, 3.8) is 0 Å². The predicted molar refractivity (Wildman–Crippen MR) is 88.1 cm³/mol. The Labute approximate surface area is 144 Å². The number of halogens is 3. The number of rotatable bonds is 2. The summed E-state index contributed by atoms with van der Waals surface area (Å²) in [5.41, 5.74) is 0.346. The molecule has 4 aliphatic rings. The molecule has 25 heavy (non-hydrogen) atoms. The average molecular weight is 349 g/mol. The number of alkyl halides is 3. The molecule has 0 spiro atoms. The highest BCUT2D eigenvalue weighted by molar-refractivity contribution is 5.80. The Morgan fingerprint density at radius 2 is 1.72 bits per heavy atom. The molecule has 2 heterocycles. The first-order valence-electron chi connectivity index (χ1n) is 9.32. The Hall–Kier alpha value is -1.59. The highest BCUT2D eigenvalue weighted by Crippen LogP contribution is 2.60. The summed E-state index contributed by atoms with van der Waals surface area (Å²) in [5, 5.41) is 4.26. The van der Waals surface area contributed by atoms with Crippen LogP contribution in [0.2, 0.25) is 0 Å². The van der Waals surface area contributed by atoms with E-state index >= 15 is 0 Å². The maximum Gasteiger partial charge on any atom is 0.417 e. The molecule has 0 saturated heterocycles. The van der Waals surface area contributed by atoms with Gasteiger partial charge in [-0.1, -0.05) is 0 Å². The van der Waals surface area contributed by atoms with Gasteiger partial charge < -0.3 is 0 Å².